The predicted molar refractivity (Wildman–Crippen MR) is 117 cm³/mol. The molecule has 7 nitrogen and oxygen atoms in total. The topological polar surface area (TPSA) is 110 Å². The number of hydrogen-bond acceptors (Lipinski definition) is 7. The van der Waals surface area contributed by atoms with Crippen LogP contribution < -0.4 is 0 Å². The van der Waals surface area contributed by atoms with Crippen molar-refractivity contribution < 1.29 is 95.5 Å². The van der Waals surface area contributed by atoms with Gasteiger partial charge < -0.3 is 19.7 Å². The summed E-state index contributed by atoms with van der Waals surface area (Å²) in [6.45, 7) is 6.27. The minimum Gasteiger partial charge on any atom is -0.459 e. The van der Waals surface area contributed by atoms with E-state index in [1.807, 2.05) is 0 Å². The fraction of sp³-hybridized carbons (Fsp3) is 0.571. The number of alkyl halides is 14. The molecule has 0 fully saturated rings. The average Bonchev–Trinajstić information content (AvgIpc) is 2.84. The summed E-state index contributed by atoms with van der Waals surface area (Å²) >= 11 is 4.71. The molecular formula is C21H21ClF14O7. The van der Waals surface area contributed by atoms with Crippen molar-refractivity contribution in [3.05, 3.63) is 38.0 Å². The molecule has 0 saturated carbocycles. The SMILES string of the molecule is C=CC(=O)Cl.C=CC(=O)OCC(CC(F)(C(F)(F)F)C(F)(F)F)OC(=O)C=C.OCC(O)CC(F)(C(F)(F)F)C(F)(F)F. The van der Waals surface area contributed by atoms with Crippen LogP contribution in [0.2, 0.25) is 0 Å². The predicted octanol–water partition coefficient (Wildman–Crippen LogP) is 5.54. The first kappa shape index (κ1) is 44.5. The van der Waals surface area contributed by atoms with Crippen molar-refractivity contribution in [1.82, 2.24) is 0 Å². The zero-order valence-electron chi connectivity index (χ0n) is 20.9. The second kappa shape index (κ2) is 17.4. The monoisotopic (exact) mass is 686 g/mol. The fourth-order valence-corrected chi connectivity index (χ4v) is 2.07. The van der Waals surface area contributed by atoms with Crippen LogP contribution in [-0.4, -0.2) is 88.9 Å². The van der Waals surface area contributed by atoms with Crippen LogP contribution in [0.4, 0.5) is 61.5 Å². The highest BCUT2D eigenvalue weighted by Gasteiger charge is 2.73. The maximum absolute atomic E-state index is 13.6. The number of carbonyl (C=O) groups is 3. The van der Waals surface area contributed by atoms with Gasteiger partial charge in [0.2, 0.25) is 5.24 Å². The molecule has 0 aromatic rings. The van der Waals surface area contributed by atoms with Gasteiger partial charge in [0, 0.05) is 25.0 Å². The second-order valence-electron chi connectivity index (χ2n) is 7.44. The maximum atomic E-state index is 13.6. The molecule has 0 heterocycles. The lowest BCUT2D eigenvalue weighted by molar-refractivity contribution is -0.348. The maximum Gasteiger partial charge on any atom is 0.431 e. The molecule has 0 aliphatic rings. The van der Waals surface area contributed by atoms with Gasteiger partial charge in [-0.3, -0.25) is 4.79 Å². The average molecular weight is 687 g/mol. The highest BCUT2D eigenvalue weighted by molar-refractivity contribution is 6.66. The van der Waals surface area contributed by atoms with Crippen molar-refractivity contribution >= 4 is 28.8 Å². The van der Waals surface area contributed by atoms with Crippen molar-refractivity contribution in [2.45, 2.75) is 61.1 Å². The highest BCUT2D eigenvalue weighted by atomic mass is 35.5. The summed E-state index contributed by atoms with van der Waals surface area (Å²) in [4.78, 5) is 31.2. The molecule has 0 aromatic heterocycles. The van der Waals surface area contributed by atoms with Gasteiger partial charge in [-0.05, 0) is 17.7 Å². The summed E-state index contributed by atoms with van der Waals surface area (Å²) in [6.07, 6.45) is -32.4. The van der Waals surface area contributed by atoms with Crippen LogP contribution >= 0.6 is 11.6 Å². The molecule has 0 amide bonds. The Hall–Kier alpha value is -2.94. The smallest absolute Gasteiger partial charge is 0.431 e. The number of ether oxygens (including phenoxy) is 2. The highest BCUT2D eigenvalue weighted by Crippen LogP contribution is 2.50. The van der Waals surface area contributed by atoms with Crippen molar-refractivity contribution in [2.75, 3.05) is 13.2 Å². The third kappa shape index (κ3) is 14.9. The second-order valence-corrected chi connectivity index (χ2v) is 7.82. The van der Waals surface area contributed by atoms with Gasteiger partial charge in [-0.2, -0.15) is 52.7 Å². The van der Waals surface area contributed by atoms with Gasteiger partial charge >= 0.3 is 48.0 Å². The van der Waals surface area contributed by atoms with E-state index in [-0.39, 0.29) is 0 Å². The zero-order valence-corrected chi connectivity index (χ0v) is 21.7. The molecule has 0 aliphatic carbocycles. The quantitative estimate of drug-likeness (QED) is 0.127. The third-order valence-electron chi connectivity index (χ3n) is 4.22. The van der Waals surface area contributed by atoms with E-state index in [2.05, 4.69) is 29.2 Å². The van der Waals surface area contributed by atoms with Crippen LogP contribution in [0.25, 0.3) is 0 Å². The Kier molecular flexibility index (Phi) is 18.0. The molecule has 43 heavy (non-hydrogen) atoms. The molecule has 0 rings (SSSR count). The van der Waals surface area contributed by atoms with E-state index in [4.69, 9.17) is 21.8 Å². The van der Waals surface area contributed by atoms with Crippen molar-refractivity contribution in [3.8, 4) is 0 Å². The van der Waals surface area contributed by atoms with Crippen molar-refractivity contribution in [2.24, 2.45) is 0 Å². The van der Waals surface area contributed by atoms with Crippen LogP contribution in [0.15, 0.2) is 38.0 Å². The van der Waals surface area contributed by atoms with E-state index < -0.39 is 91.5 Å². The first-order valence-electron chi connectivity index (χ1n) is 10.4. The molecule has 0 saturated heterocycles. The molecule has 22 heteroatoms. The lowest BCUT2D eigenvalue weighted by atomic mass is 9.96. The van der Waals surface area contributed by atoms with Crippen LogP contribution in [0.5, 0.6) is 0 Å². The summed E-state index contributed by atoms with van der Waals surface area (Å²) in [5, 5.41) is 16.0. The lowest BCUT2D eigenvalue weighted by Gasteiger charge is -2.32. The van der Waals surface area contributed by atoms with E-state index >= 15 is 0 Å². The molecular weight excluding hydrogens is 666 g/mol. The first-order chi connectivity index (χ1) is 19.0. The minimum atomic E-state index is -6.33. The van der Waals surface area contributed by atoms with Gasteiger partial charge in [0.1, 0.15) is 12.7 Å². The Balaban J connectivity index is -0.000000682. The van der Waals surface area contributed by atoms with Crippen molar-refractivity contribution in [1.29, 1.82) is 0 Å². The standard InChI is InChI=1S/C12H11F7O4.C6H7F7O2.C3H3ClO/c1-3-8(20)22-6-7(23-9(21)4-2)5-10(13,11(14,15)16)12(17,18)19;7-4(5(8,9)10,6(11,12)13)1-3(15)2-14;1-2-3(4)5/h3-4,7H,1-2,5-6H2;3,14-15H,1-2H2;2H,1H2. The summed E-state index contributed by atoms with van der Waals surface area (Å²) < 4.78 is 180. The Bertz CT molecular complexity index is 914. The van der Waals surface area contributed by atoms with Gasteiger partial charge in [-0.15, -0.1) is 0 Å². The Labute approximate surface area is 237 Å². The van der Waals surface area contributed by atoms with E-state index in [1.165, 1.54) is 0 Å². The van der Waals surface area contributed by atoms with Crippen LogP contribution in [0.3, 0.4) is 0 Å². The Morgan fingerprint density at radius 1 is 0.674 bits per heavy atom. The number of aliphatic hydroxyl groups excluding tert-OH is 2. The molecule has 0 aliphatic heterocycles. The molecule has 2 atom stereocenters. The largest absolute Gasteiger partial charge is 0.459 e. The molecule has 0 radical (unpaired) electrons. The normalized spacial score (nSPS) is 14.0. The zero-order chi connectivity index (χ0) is 35.3. The van der Waals surface area contributed by atoms with E-state index in [9.17, 15) is 75.8 Å². The van der Waals surface area contributed by atoms with Gasteiger partial charge in [0.15, 0.2) is 0 Å². The molecule has 2 unspecified atom stereocenters. The van der Waals surface area contributed by atoms with Crippen molar-refractivity contribution in [3.63, 3.8) is 0 Å². The summed E-state index contributed by atoms with van der Waals surface area (Å²) in [7, 11) is 0. The molecule has 252 valence electrons. The molecule has 2 N–H and O–H groups in total. The van der Waals surface area contributed by atoms with Crippen LogP contribution in [0.1, 0.15) is 12.8 Å². The molecule has 0 spiro atoms. The molecule has 0 aromatic carbocycles. The number of rotatable bonds is 11. The van der Waals surface area contributed by atoms with E-state index in [0.29, 0.717) is 12.2 Å². The summed E-state index contributed by atoms with van der Waals surface area (Å²) in [6, 6.07) is 0. The number of carbonyl (C=O) groups excluding carboxylic acids is 3. The van der Waals surface area contributed by atoms with E-state index in [0.717, 1.165) is 6.08 Å². The fourth-order valence-electron chi connectivity index (χ4n) is 2.07. The van der Waals surface area contributed by atoms with Gasteiger partial charge in [-0.25, -0.2) is 18.4 Å². The minimum absolute atomic E-state index is 0.434. The van der Waals surface area contributed by atoms with Gasteiger partial charge in [0.05, 0.1) is 12.7 Å². The van der Waals surface area contributed by atoms with E-state index in [1.54, 1.807) is 0 Å². The first-order valence-corrected chi connectivity index (χ1v) is 10.8. The number of esters is 2. The summed E-state index contributed by atoms with van der Waals surface area (Å²) in [5.41, 5.74) is -11.2. The summed E-state index contributed by atoms with van der Waals surface area (Å²) in [5.74, 6) is -2.63. The molecule has 0 bridgehead atoms. The number of allylic oxidation sites excluding steroid dienone is 1. The van der Waals surface area contributed by atoms with Crippen LogP contribution in [-0.2, 0) is 23.9 Å². The Morgan fingerprint density at radius 2 is 1.00 bits per heavy atom. The van der Waals surface area contributed by atoms with Gasteiger partial charge in [-0.1, -0.05) is 19.7 Å². The van der Waals surface area contributed by atoms with Gasteiger partial charge in [0.25, 0.3) is 0 Å². The van der Waals surface area contributed by atoms with Crippen LogP contribution in [0, 0.1) is 0 Å². The number of aliphatic hydroxyl groups is 2. The Morgan fingerprint density at radius 3 is 1.26 bits per heavy atom. The lowest BCUT2D eigenvalue weighted by Crippen LogP contribution is -2.55. The third-order valence-corrected chi connectivity index (χ3v) is 4.38. The number of halogens is 15. The number of hydrogen-bond donors (Lipinski definition) is 2.